The molecule has 6 nitrogen and oxygen atoms in total. The van der Waals surface area contributed by atoms with E-state index in [-0.39, 0.29) is 37.4 Å². The number of ether oxygens (including phenoxy) is 4. The topological polar surface area (TPSA) is 77.7 Å². The van der Waals surface area contributed by atoms with Crippen molar-refractivity contribution in [2.45, 2.75) is 25.0 Å². The van der Waals surface area contributed by atoms with Crippen molar-refractivity contribution in [3.05, 3.63) is 12.2 Å². The molecule has 0 aromatic carbocycles. The molecule has 0 amide bonds. The van der Waals surface area contributed by atoms with Crippen LogP contribution in [0.1, 0.15) is 12.8 Å². The second-order valence-corrected chi connectivity index (χ2v) is 5.33. The summed E-state index contributed by atoms with van der Waals surface area (Å²) in [6, 6.07) is 0. The Labute approximate surface area is 117 Å². The summed E-state index contributed by atoms with van der Waals surface area (Å²) in [5.74, 6) is -1.58. The van der Waals surface area contributed by atoms with E-state index in [4.69, 9.17) is 18.9 Å². The van der Waals surface area contributed by atoms with Crippen LogP contribution in [0.4, 0.5) is 0 Å². The number of hydrogen-bond acceptors (Lipinski definition) is 6. The molecule has 4 atom stereocenters. The minimum absolute atomic E-state index is 0.0375. The second kappa shape index (κ2) is 5.93. The van der Waals surface area contributed by atoms with Gasteiger partial charge in [0.05, 0.1) is 25.0 Å². The maximum absolute atomic E-state index is 12.1. The van der Waals surface area contributed by atoms with Crippen LogP contribution in [0.3, 0.4) is 0 Å². The van der Waals surface area contributed by atoms with Crippen LogP contribution in [0.25, 0.3) is 0 Å². The zero-order valence-electron chi connectivity index (χ0n) is 11.2. The fourth-order valence-electron chi connectivity index (χ4n) is 2.23. The number of epoxide rings is 2. The molecule has 20 heavy (non-hydrogen) atoms. The molecule has 2 heterocycles. The first-order valence-electron chi connectivity index (χ1n) is 6.95. The summed E-state index contributed by atoms with van der Waals surface area (Å²) >= 11 is 0. The van der Waals surface area contributed by atoms with Gasteiger partial charge in [0.2, 0.25) is 0 Å². The molecule has 0 aromatic heterocycles. The second-order valence-electron chi connectivity index (χ2n) is 5.33. The number of esters is 2. The maximum atomic E-state index is 12.1. The number of hydrogen-bond donors (Lipinski definition) is 0. The molecule has 0 aromatic rings. The molecule has 1 aliphatic carbocycles. The predicted octanol–water partition coefficient (Wildman–Crippen LogP) is 0.453. The summed E-state index contributed by atoms with van der Waals surface area (Å²) in [6.07, 6.45) is 4.93. The summed E-state index contributed by atoms with van der Waals surface area (Å²) in [4.78, 5) is 24.1. The van der Waals surface area contributed by atoms with E-state index in [0.717, 1.165) is 0 Å². The van der Waals surface area contributed by atoms with Gasteiger partial charge in [-0.25, -0.2) is 0 Å². The fourth-order valence-corrected chi connectivity index (χ4v) is 2.23. The van der Waals surface area contributed by atoms with Gasteiger partial charge in [-0.05, 0) is 12.8 Å². The minimum atomic E-state index is -0.452. The van der Waals surface area contributed by atoms with Crippen molar-refractivity contribution in [1.82, 2.24) is 0 Å². The van der Waals surface area contributed by atoms with Gasteiger partial charge in [-0.2, -0.15) is 0 Å². The summed E-state index contributed by atoms with van der Waals surface area (Å²) < 4.78 is 20.4. The first kappa shape index (κ1) is 13.6. The van der Waals surface area contributed by atoms with E-state index >= 15 is 0 Å². The summed E-state index contributed by atoms with van der Waals surface area (Å²) in [6.45, 7) is 1.84. The Kier molecular flexibility index (Phi) is 4.03. The number of rotatable bonds is 6. The van der Waals surface area contributed by atoms with E-state index < -0.39 is 11.8 Å². The van der Waals surface area contributed by atoms with Gasteiger partial charge >= 0.3 is 11.9 Å². The van der Waals surface area contributed by atoms with Crippen molar-refractivity contribution in [3.8, 4) is 0 Å². The number of carbonyl (C=O) groups is 2. The molecule has 0 bridgehead atoms. The lowest BCUT2D eigenvalue weighted by Crippen LogP contribution is -2.34. The molecule has 3 aliphatic rings. The van der Waals surface area contributed by atoms with Gasteiger partial charge in [-0.1, -0.05) is 12.2 Å². The molecule has 0 N–H and O–H groups in total. The van der Waals surface area contributed by atoms with Crippen LogP contribution < -0.4 is 0 Å². The molecule has 2 fully saturated rings. The summed E-state index contributed by atoms with van der Waals surface area (Å²) in [5.41, 5.74) is 0. The van der Waals surface area contributed by atoms with Gasteiger partial charge in [0, 0.05) is 0 Å². The molecule has 0 saturated carbocycles. The lowest BCUT2D eigenvalue weighted by Gasteiger charge is -2.25. The standard InChI is InChI=1S/C14H18O6/c15-13(19-7-9-5-17-9)11-3-1-2-4-12(11)14(16)20-8-10-6-18-10/h1-2,9-12H,3-8H2. The molecule has 0 spiro atoms. The Morgan fingerprint density at radius 1 is 0.900 bits per heavy atom. The van der Waals surface area contributed by atoms with Gasteiger partial charge < -0.3 is 18.9 Å². The monoisotopic (exact) mass is 282 g/mol. The molecule has 110 valence electrons. The van der Waals surface area contributed by atoms with E-state index in [2.05, 4.69) is 0 Å². The zero-order chi connectivity index (χ0) is 13.9. The molecule has 4 unspecified atom stereocenters. The Bertz CT molecular complexity index is 372. The van der Waals surface area contributed by atoms with Crippen LogP contribution in [-0.2, 0) is 28.5 Å². The first-order chi connectivity index (χ1) is 9.74. The van der Waals surface area contributed by atoms with Gasteiger partial charge in [-0.3, -0.25) is 9.59 Å². The smallest absolute Gasteiger partial charge is 0.310 e. The van der Waals surface area contributed by atoms with Crippen LogP contribution in [0.15, 0.2) is 12.2 Å². The van der Waals surface area contributed by atoms with Crippen LogP contribution in [-0.4, -0.2) is 50.6 Å². The van der Waals surface area contributed by atoms with Crippen molar-refractivity contribution < 1.29 is 28.5 Å². The van der Waals surface area contributed by atoms with Crippen LogP contribution in [0, 0.1) is 11.8 Å². The SMILES string of the molecule is O=C(OCC1CO1)C1CC=CCC1C(=O)OCC1CO1. The Morgan fingerprint density at radius 3 is 1.65 bits per heavy atom. The highest BCUT2D eigenvalue weighted by molar-refractivity contribution is 5.82. The predicted molar refractivity (Wildman–Crippen MR) is 66.8 cm³/mol. The lowest BCUT2D eigenvalue weighted by molar-refractivity contribution is -0.161. The summed E-state index contributed by atoms with van der Waals surface area (Å²) in [5, 5.41) is 0. The Morgan fingerprint density at radius 2 is 1.30 bits per heavy atom. The summed E-state index contributed by atoms with van der Waals surface area (Å²) in [7, 11) is 0. The van der Waals surface area contributed by atoms with Crippen LogP contribution in [0.2, 0.25) is 0 Å². The highest BCUT2D eigenvalue weighted by Gasteiger charge is 2.38. The normalized spacial score (nSPS) is 34.4. The van der Waals surface area contributed by atoms with E-state index in [0.29, 0.717) is 26.1 Å². The fraction of sp³-hybridized carbons (Fsp3) is 0.714. The average molecular weight is 282 g/mol. The van der Waals surface area contributed by atoms with Crippen LogP contribution in [0.5, 0.6) is 0 Å². The zero-order valence-corrected chi connectivity index (χ0v) is 11.2. The largest absolute Gasteiger partial charge is 0.463 e. The highest BCUT2D eigenvalue weighted by atomic mass is 16.6. The van der Waals surface area contributed by atoms with Crippen molar-refractivity contribution in [3.63, 3.8) is 0 Å². The third-order valence-corrected chi connectivity index (χ3v) is 3.67. The van der Waals surface area contributed by atoms with Gasteiger partial charge in [0.1, 0.15) is 25.4 Å². The quantitative estimate of drug-likeness (QED) is 0.400. The lowest BCUT2D eigenvalue weighted by atomic mass is 9.83. The molecule has 2 saturated heterocycles. The highest BCUT2D eigenvalue weighted by Crippen LogP contribution is 2.28. The number of carbonyl (C=O) groups excluding carboxylic acids is 2. The molecule has 2 aliphatic heterocycles. The average Bonchev–Trinajstić information content (AvgIpc) is 3.36. The number of allylic oxidation sites excluding steroid dienone is 2. The van der Waals surface area contributed by atoms with E-state index in [1.807, 2.05) is 12.2 Å². The maximum Gasteiger partial charge on any atom is 0.310 e. The van der Waals surface area contributed by atoms with Crippen molar-refractivity contribution in [2.75, 3.05) is 26.4 Å². The molecule has 0 radical (unpaired) electrons. The molecule has 6 heteroatoms. The van der Waals surface area contributed by atoms with Gasteiger partial charge in [0.15, 0.2) is 0 Å². The van der Waals surface area contributed by atoms with E-state index in [1.165, 1.54) is 0 Å². The van der Waals surface area contributed by atoms with E-state index in [1.54, 1.807) is 0 Å². The third-order valence-electron chi connectivity index (χ3n) is 3.67. The van der Waals surface area contributed by atoms with Crippen LogP contribution >= 0.6 is 0 Å². The molecule has 3 rings (SSSR count). The minimum Gasteiger partial charge on any atom is -0.463 e. The van der Waals surface area contributed by atoms with Crippen molar-refractivity contribution >= 4 is 11.9 Å². The molecular formula is C14H18O6. The van der Waals surface area contributed by atoms with E-state index in [9.17, 15) is 9.59 Å². The third kappa shape index (κ3) is 3.58. The Hall–Kier alpha value is -1.40. The van der Waals surface area contributed by atoms with Crippen molar-refractivity contribution in [2.24, 2.45) is 11.8 Å². The van der Waals surface area contributed by atoms with Crippen molar-refractivity contribution in [1.29, 1.82) is 0 Å². The molecular weight excluding hydrogens is 264 g/mol. The van der Waals surface area contributed by atoms with Gasteiger partial charge in [0.25, 0.3) is 0 Å². The Balaban J connectivity index is 1.52. The first-order valence-corrected chi connectivity index (χ1v) is 6.95. The van der Waals surface area contributed by atoms with Gasteiger partial charge in [-0.15, -0.1) is 0 Å².